The zero-order valence-corrected chi connectivity index (χ0v) is 24.3. The van der Waals surface area contributed by atoms with E-state index >= 15 is 0 Å². The van der Waals surface area contributed by atoms with Gasteiger partial charge in [0.2, 0.25) is 0 Å². The van der Waals surface area contributed by atoms with Gasteiger partial charge in [-0.3, -0.25) is 14.5 Å². The largest absolute Gasteiger partial charge is 0.356 e. The number of allylic oxidation sites excluding steroid dienone is 1. The Hall–Kier alpha value is -4.19. The van der Waals surface area contributed by atoms with Gasteiger partial charge in [0.25, 0.3) is 5.91 Å². The van der Waals surface area contributed by atoms with Crippen molar-refractivity contribution in [3.05, 3.63) is 83.7 Å². The summed E-state index contributed by atoms with van der Waals surface area (Å²) in [7, 11) is 3.88. The van der Waals surface area contributed by atoms with Crippen molar-refractivity contribution in [3.63, 3.8) is 0 Å². The quantitative estimate of drug-likeness (QED) is 0.329. The van der Waals surface area contributed by atoms with Crippen LogP contribution in [0.2, 0.25) is 0 Å². The fourth-order valence-electron chi connectivity index (χ4n) is 8.77. The number of amides is 1. The first kappa shape index (κ1) is 26.7. The third-order valence-corrected chi connectivity index (χ3v) is 10.3. The van der Waals surface area contributed by atoms with Crippen LogP contribution in [-0.4, -0.2) is 47.8 Å². The summed E-state index contributed by atoms with van der Waals surface area (Å²) in [6.45, 7) is 0.632. The number of rotatable bonds is 8. The lowest BCUT2D eigenvalue weighted by Gasteiger charge is -2.57. The minimum Gasteiger partial charge on any atom is -0.356 e. The summed E-state index contributed by atoms with van der Waals surface area (Å²) in [5.41, 5.74) is 1.96. The number of carbonyl (C=O) groups is 2. The first-order valence-corrected chi connectivity index (χ1v) is 15.0. The molecule has 0 radical (unpaired) electrons. The lowest BCUT2D eigenvalue weighted by Crippen LogP contribution is -2.54. The molecule has 4 saturated carbocycles. The molecule has 5 fully saturated rings. The molecule has 1 amide bonds. The van der Waals surface area contributed by atoms with E-state index < -0.39 is 5.54 Å². The second-order valence-electron chi connectivity index (χ2n) is 13.4. The Bertz CT molecular complexity index is 1530. The molecule has 4 aliphatic carbocycles. The smallest absolute Gasteiger partial charge is 0.254 e. The van der Waals surface area contributed by atoms with Crippen LogP contribution in [0.5, 0.6) is 0 Å². The number of nitrogens with zero attached hydrogens (tertiary/aromatic N) is 6. The summed E-state index contributed by atoms with van der Waals surface area (Å²) in [6.07, 6.45) is 17.1. The fourth-order valence-corrected chi connectivity index (χ4v) is 8.77. The second-order valence-corrected chi connectivity index (χ2v) is 13.4. The van der Waals surface area contributed by atoms with Gasteiger partial charge in [0, 0.05) is 68.9 Å². The van der Waals surface area contributed by atoms with Crippen LogP contribution in [0.25, 0.3) is 0 Å². The molecular formula is C33H37N7O2. The molecule has 4 bridgehead atoms. The number of aromatic nitrogens is 4. The maximum absolute atomic E-state index is 14.9. The normalized spacial score (nSPS) is 28.3. The SMILES string of the molecule is Cn1cncc1CC1(Cc2cncn2C)NC(=CC(=O)c2ccc(C#N)cc2)N(CC23CC4CC(CC(C4)C2)C3)C1=O. The number of imidazole rings is 2. The van der Waals surface area contributed by atoms with E-state index in [4.69, 9.17) is 0 Å². The van der Waals surface area contributed by atoms with E-state index in [1.165, 1.54) is 19.3 Å². The lowest BCUT2D eigenvalue weighted by molar-refractivity contribution is -0.136. The summed E-state index contributed by atoms with van der Waals surface area (Å²) >= 11 is 0. The van der Waals surface area contributed by atoms with Crippen LogP contribution in [0.15, 0.2) is 61.2 Å². The predicted octanol–water partition coefficient (Wildman–Crippen LogP) is 3.92. The lowest BCUT2D eigenvalue weighted by atomic mass is 9.49. The van der Waals surface area contributed by atoms with Gasteiger partial charge in [-0.05, 0) is 86.0 Å². The van der Waals surface area contributed by atoms with Crippen LogP contribution in [-0.2, 0) is 31.7 Å². The molecule has 3 heterocycles. The Morgan fingerprint density at radius 1 is 0.976 bits per heavy atom. The number of hydrogen-bond donors (Lipinski definition) is 1. The number of benzene rings is 1. The third-order valence-electron chi connectivity index (χ3n) is 10.3. The van der Waals surface area contributed by atoms with Gasteiger partial charge in [-0.1, -0.05) is 0 Å². The molecule has 5 aliphatic rings. The summed E-state index contributed by atoms with van der Waals surface area (Å²) < 4.78 is 3.90. The summed E-state index contributed by atoms with van der Waals surface area (Å²) in [4.78, 5) is 39.0. The van der Waals surface area contributed by atoms with Crippen molar-refractivity contribution >= 4 is 11.7 Å². The van der Waals surface area contributed by atoms with Crippen molar-refractivity contribution in [2.75, 3.05) is 6.54 Å². The number of carbonyl (C=O) groups excluding carboxylic acids is 2. The molecule has 1 N–H and O–H groups in total. The van der Waals surface area contributed by atoms with Crippen LogP contribution < -0.4 is 5.32 Å². The highest BCUT2D eigenvalue weighted by Crippen LogP contribution is 2.60. The van der Waals surface area contributed by atoms with E-state index in [0.717, 1.165) is 48.4 Å². The van der Waals surface area contributed by atoms with Gasteiger partial charge in [0.1, 0.15) is 11.4 Å². The molecule has 0 unspecified atom stereocenters. The minimum atomic E-state index is -0.999. The topological polar surface area (TPSA) is 109 Å². The average Bonchev–Trinajstić information content (AvgIpc) is 3.62. The van der Waals surface area contributed by atoms with Crippen molar-refractivity contribution in [1.82, 2.24) is 29.3 Å². The summed E-state index contributed by atoms with van der Waals surface area (Å²) in [6, 6.07) is 8.77. The van der Waals surface area contributed by atoms with E-state index in [1.54, 1.807) is 43.0 Å². The van der Waals surface area contributed by atoms with E-state index in [9.17, 15) is 14.9 Å². The highest BCUT2D eigenvalue weighted by atomic mass is 16.2. The number of nitrogens with one attached hydrogen (secondary N) is 1. The molecule has 2 aromatic heterocycles. The first-order valence-electron chi connectivity index (χ1n) is 15.0. The Balaban J connectivity index is 1.29. The van der Waals surface area contributed by atoms with E-state index in [2.05, 4.69) is 21.4 Å². The number of hydrogen-bond acceptors (Lipinski definition) is 6. The van der Waals surface area contributed by atoms with Crippen LogP contribution >= 0.6 is 0 Å². The van der Waals surface area contributed by atoms with E-state index in [0.29, 0.717) is 36.3 Å². The van der Waals surface area contributed by atoms with Crippen LogP contribution in [0.3, 0.4) is 0 Å². The molecule has 8 rings (SSSR count). The van der Waals surface area contributed by atoms with E-state index in [-0.39, 0.29) is 17.1 Å². The molecule has 42 heavy (non-hydrogen) atoms. The first-order chi connectivity index (χ1) is 20.2. The molecule has 1 aromatic carbocycles. The molecular weight excluding hydrogens is 526 g/mol. The standard InChI is InChI=1S/C33H37N7O2/c1-38-20-35-17-27(38)14-33(15-28-18-36-21-39(28)2)31(42)40(19-32-11-23-7-24(12-32)9-25(8-23)13-32)30(37-33)10-29(41)26-5-3-22(16-34)4-6-26/h3-6,10,17-18,20-21,23-25,37H,7-9,11-15,19H2,1-2H3. The minimum absolute atomic E-state index is 0.000441. The maximum atomic E-state index is 14.9. The van der Waals surface area contributed by atoms with Gasteiger partial charge in [-0.15, -0.1) is 0 Å². The van der Waals surface area contributed by atoms with Crippen LogP contribution in [0.1, 0.15) is 65.8 Å². The highest BCUT2D eigenvalue weighted by Gasteiger charge is 2.56. The fraction of sp³-hybridized carbons (Fsp3) is 0.485. The predicted molar refractivity (Wildman–Crippen MR) is 156 cm³/mol. The average molecular weight is 564 g/mol. The molecule has 9 nitrogen and oxygen atoms in total. The van der Waals surface area contributed by atoms with Gasteiger partial charge < -0.3 is 14.5 Å². The van der Waals surface area contributed by atoms with Crippen molar-refractivity contribution in [2.24, 2.45) is 37.3 Å². The maximum Gasteiger partial charge on any atom is 0.254 e. The second kappa shape index (κ2) is 9.97. The van der Waals surface area contributed by atoms with Crippen molar-refractivity contribution < 1.29 is 9.59 Å². The zero-order chi connectivity index (χ0) is 29.1. The summed E-state index contributed by atoms with van der Waals surface area (Å²) in [5, 5.41) is 12.8. The number of nitriles is 1. The number of ketones is 1. The molecule has 1 aliphatic heterocycles. The van der Waals surface area contributed by atoms with Gasteiger partial charge in [0.15, 0.2) is 5.78 Å². The van der Waals surface area contributed by atoms with Gasteiger partial charge in [0.05, 0.1) is 24.3 Å². The summed E-state index contributed by atoms with van der Waals surface area (Å²) in [5.74, 6) is 2.63. The highest BCUT2D eigenvalue weighted by molar-refractivity contribution is 6.06. The monoisotopic (exact) mass is 563 g/mol. The Kier molecular flexibility index (Phi) is 6.34. The van der Waals surface area contributed by atoms with Crippen molar-refractivity contribution in [3.8, 4) is 6.07 Å². The van der Waals surface area contributed by atoms with Gasteiger partial charge >= 0.3 is 0 Å². The molecule has 1 saturated heterocycles. The van der Waals surface area contributed by atoms with Crippen molar-refractivity contribution in [2.45, 2.75) is 56.9 Å². The molecule has 0 spiro atoms. The van der Waals surface area contributed by atoms with Crippen molar-refractivity contribution in [1.29, 1.82) is 5.26 Å². The Morgan fingerprint density at radius 2 is 1.52 bits per heavy atom. The molecule has 216 valence electrons. The Morgan fingerprint density at radius 3 is 2.00 bits per heavy atom. The van der Waals surface area contributed by atoms with Gasteiger partial charge in [-0.2, -0.15) is 5.26 Å². The van der Waals surface area contributed by atoms with Crippen LogP contribution in [0, 0.1) is 34.5 Å². The molecule has 9 heteroatoms. The molecule has 3 aromatic rings. The van der Waals surface area contributed by atoms with Gasteiger partial charge in [-0.25, -0.2) is 9.97 Å². The van der Waals surface area contributed by atoms with E-state index in [1.807, 2.05) is 40.5 Å². The van der Waals surface area contributed by atoms with Crippen LogP contribution in [0.4, 0.5) is 0 Å². The molecule has 0 atom stereocenters. The number of aryl methyl sites for hydroxylation is 2. The Labute approximate surface area is 246 Å². The third kappa shape index (κ3) is 4.63. The zero-order valence-electron chi connectivity index (χ0n) is 24.3.